The minimum absolute atomic E-state index is 0.283. The molecule has 0 fully saturated rings. The number of rotatable bonds is 4. The van der Waals surface area contributed by atoms with E-state index in [-0.39, 0.29) is 12.2 Å². The lowest BCUT2D eigenvalue weighted by molar-refractivity contribution is 0.0142. The van der Waals surface area contributed by atoms with Gasteiger partial charge in [-0.25, -0.2) is 0 Å². The summed E-state index contributed by atoms with van der Waals surface area (Å²) in [7, 11) is 0. The minimum Gasteiger partial charge on any atom is -0.485 e. The van der Waals surface area contributed by atoms with Gasteiger partial charge in [-0.3, -0.25) is 0 Å². The fraction of sp³-hybridized carbons (Fsp3) is 0.385. The highest BCUT2D eigenvalue weighted by Gasteiger charge is 2.25. The summed E-state index contributed by atoms with van der Waals surface area (Å²) in [6, 6.07) is 0. The fourth-order valence-corrected chi connectivity index (χ4v) is 1.36. The van der Waals surface area contributed by atoms with Gasteiger partial charge in [-0.1, -0.05) is 24.0 Å². The summed E-state index contributed by atoms with van der Waals surface area (Å²) in [5.41, 5.74) is -0.384. The van der Waals surface area contributed by atoms with Crippen LogP contribution in [0, 0.1) is 24.7 Å². The Morgan fingerprint density at radius 1 is 1.40 bits per heavy atom. The zero-order valence-corrected chi connectivity index (χ0v) is 8.82. The number of terminal acetylenes is 2. The first-order chi connectivity index (χ1) is 7.20. The molecule has 0 heterocycles. The lowest BCUT2D eigenvalue weighted by Gasteiger charge is -2.28. The first-order valence-electron chi connectivity index (χ1n) is 4.72. The molecule has 0 spiro atoms. The van der Waals surface area contributed by atoms with Crippen molar-refractivity contribution >= 4 is 0 Å². The van der Waals surface area contributed by atoms with E-state index in [1.165, 1.54) is 0 Å². The van der Waals surface area contributed by atoms with Crippen LogP contribution >= 0.6 is 0 Å². The third-order valence-electron chi connectivity index (χ3n) is 2.08. The predicted molar refractivity (Wildman–Crippen MR) is 59.8 cm³/mol. The maximum absolute atomic E-state index is 5.53. The second-order valence-electron chi connectivity index (χ2n) is 3.47. The Balaban J connectivity index is 2.54. The van der Waals surface area contributed by atoms with Gasteiger partial charge in [0, 0.05) is 6.42 Å². The van der Waals surface area contributed by atoms with Crippen molar-refractivity contribution in [1.29, 1.82) is 0 Å². The molecule has 15 heavy (non-hydrogen) atoms. The standard InChI is InChI=1S/C13H14O2/c1-4-9-14-12-7-6-8-13(3,11-12)15-10-5-2/h1-2,6-8H,9-11H2,3H3. The van der Waals surface area contributed by atoms with Crippen LogP contribution in [-0.4, -0.2) is 18.8 Å². The topological polar surface area (TPSA) is 18.5 Å². The molecule has 1 atom stereocenters. The van der Waals surface area contributed by atoms with Crippen molar-refractivity contribution in [3.05, 3.63) is 24.0 Å². The molecule has 0 amide bonds. The average molecular weight is 202 g/mol. The summed E-state index contributed by atoms with van der Waals surface area (Å²) in [5.74, 6) is 5.70. The molecule has 0 saturated heterocycles. The quantitative estimate of drug-likeness (QED) is 0.648. The highest BCUT2D eigenvalue weighted by atomic mass is 16.5. The van der Waals surface area contributed by atoms with Crippen LogP contribution in [0.5, 0.6) is 0 Å². The molecule has 1 rings (SSSR count). The van der Waals surface area contributed by atoms with E-state index in [2.05, 4.69) is 11.8 Å². The van der Waals surface area contributed by atoms with Crippen molar-refractivity contribution in [3.63, 3.8) is 0 Å². The van der Waals surface area contributed by atoms with E-state index >= 15 is 0 Å². The highest BCUT2D eigenvalue weighted by molar-refractivity contribution is 5.22. The molecule has 0 aromatic carbocycles. The minimum atomic E-state index is -0.384. The molecule has 0 saturated carbocycles. The zero-order chi connectivity index (χ0) is 11.1. The molecular weight excluding hydrogens is 188 g/mol. The van der Waals surface area contributed by atoms with E-state index in [1.807, 2.05) is 25.2 Å². The van der Waals surface area contributed by atoms with Gasteiger partial charge in [-0.2, -0.15) is 0 Å². The zero-order valence-electron chi connectivity index (χ0n) is 8.82. The fourth-order valence-electron chi connectivity index (χ4n) is 1.36. The molecule has 1 aliphatic carbocycles. The number of ether oxygens (including phenoxy) is 2. The Kier molecular flexibility index (Phi) is 4.03. The van der Waals surface area contributed by atoms with Gasteiger partial charge in [0.15, 0.2) is 0 Å². The second-order valence-corrected chi connectivity index (χ2v) is 3.47. The molecular formula is C13H14O2. The summed E-state index contributed by atoms with van der Waals surface area (Å²) in [5, 5.41) is 0. The van der Waals surface area contributed by atoms with Crippen molar-refractivity contribution in [2.24, 2.45) is 0 Å². The summed E-state index contributed by atoms with van der Waals surface area (Å²) < 4.78 is 10.9. The molecule has 0 aromatic rings. The van der Waals surface area contributed by atoms with Crippen LogP contribution in [0.15, 0.2) is 24.0 Å². The van der Waals surface area contributed by atoms with Crippen molar-refractivity contribution in [3.8, 4) is 24.7 Å². The largest absolute Gasteiger partial charge is 0.485 e. The molecule has 0 N–H and O–H groups in total. The monoisotopic (exact) mass is 202 g/mol. The molecule has 0 aromatic heterocycles. The third kappa shape index (κ3) is 3.54. The van der Waals surface area contributed by atoms with Crippen LogP contribution in [0.1, 0.15) is 13.3 Å². The summed E-state index contributed by atoms with van der Waals surface area (Å²) in [6.45, 7) is 2.54. The van der Waals surface area contributed by atoms with E-state index in [1.54, 1.807) is 0 Å². The normalized spacial score (nSPS) is 23.8. The van der Waals surface area contributed by atoms with Crippen molar-refractivity contribution in [1.82, 2.24) is 0 Å². The van der Waals surface area contributed by atoms with E-state index in [0.717, 1.165) is 5.76 Å². The molecule has 78 valence electrons. The lowest BCUT2D eigenvalue weighted by Crippen LogP contribution is -2.29. The van der Waals surface area contributed by atoms with Crippen LogP contribution < -0.4 is 0 Å². The Labute approximate surface area is 91.0 Å². The highest BCUT2D eigenvalue weighted by Crippen LogP contribution is 2.26. The van der Waals surface area contributed by atoms with Crippen LogP contribution in [0.3, 0.4) is 0 Å². The van der Waals surface area contributed by atoms with Crippen LogP contribution in [0.4, 0.5) is 0 Å². The van der Waals surface area contributed by atoms with Gasteiger partial charge in [0.2, 0.25) is 0 Å². The molecule has 0 aliphatic heterocycles. The van der Waals surface area contributed by atoms with Gasteiger partial charge in [0.1, 0.15) is 19.0 Å². The Morgan fingerprint density at radius 3 is 2.80 bits per heavy atom. The molecule has 0 bridgehead atoms. The smallest absolute Gasteiger partial charge is 0.148 e. The number of hydrogen-bond donors (Lipinski definition) is 0. The molecule has 2 nitrogen and oxygen atoms in total. The maximum atomic E-state index is 5.53. The molecule has 1 unspecified atom stereocenters. The van der Waals surface area contributed by atoms with E-state index in [9.17, 15) is 0 Å². The van der Waals surface area contributed by atoms with Gasteiger partial charge in [-0.15, -0.1) is 12.8 Å². The van der Waals surface area contributed by atoms with Gasteiger partial charge in [0.25, 0.3) is 0 Å². The Hall–Kier alpha value is -1.64. The predicted octanol–water partition coefficient (Wildman–Crippen LogP) is 1.89. The van der Waals surface area contributed by atoms with Gasteiger partial charge in [0.05, 0.1) is 5.60 Å². The molecule has 1 aliphatic rings. The summed E-state index contributed by atoms with van der Waals surface area (Å²) in [6.07, 6.45) is 16.7. The third-order valence-corrected chi connectivity index (χ3v) is 2.08. The van der Waals surface area contributed by atoms with Crippen molar-refractivity contribution in [2.45, 2.75) is 18.9 Å². The van der Waals surface area contributed by atoms with Gasteiger partial charge >= 0.3 is 0 Å². The van der Waals surface area contributed by atoms with Gasteiger partial charge < -0.3 is 9.47 Å². The maximum Gasteiger partial charge on any atom is 0.148 e. The van der Waals surface area contributed by atoms with E-state index in [0.29, 0.717) is 13.0 Å². The second kappa shape index (κ2) is 5.29. The van der Waals surface area contributed by atoms with Crippen molar-refractivity contribution in [2.75, 3.05) is 13.2 Å². The van der Waals surface area contributed by atoms with Gasteiger partial charge in [-0.05, 0) is 13.0 Å². The lowest BCUT2D eigenvalue weighted by atomic mass is 9.96. The summed E-state index contributed by atoms with van der Waals surface area (Å²) in [4.78, 5) is 0. The van der Waals surface area contributed by atoms with E-state index in [4.69, 9.17) is 22.3 Å². The molecule has 0 radical (unpaired) electrons. The van der Waals surface area contributed by atoms with Crippen LogP contribution in [0.2, 0.25) is 0 Å². The number of allylic oxidation sites excluding steroid dienone is 2. The van der Waals surface area contributed by atoms with Crippen molar-refractivity contribution < 1.29 is 9.47 Å². The Morgan fingerprint density at radius 2 is 2.13 bits per heavy atom. The Bertz CT molecular complexity index is 352. The number of hydrogen-bond acceptors (Lipinski definition) is 2. The van der Waals surface area contributed by atoms with Crippen LogP contribution in [0.25, 0.3) is 0 Å². The first-order valence-corrected chi connectivity index (χ1v) is 4.72. The average Bonchev–Trinajstić information content (AvgIpc) is 2.24. The SMILES string of the molecule is C#CCOC1=CC=CC(C)(OCC#C)C1. The summed E-state index contributed by atoms with van der Waals surface area (Å²) >= 11 is 0. The van der Waals surface area contributed by atoms with E-state index < -0.39 is 0 Å². The van der Waals surface area contributed by atoms with Crippen LogP contribution in [-0.2, 0) is 9.47 Å². The molecule has 2 heteroatoms. The first kappa shape index (κ1) is 11.4.